The number of unbranched alkanes of at least 4 members (excludes halogenated alkanes) is 2. The highest BCUT2D eigenvalue weighted by Gasteiger charge is 2.22. The average Bonchev–Trinajstić information content (AvgIpc) is 2.78. The summed E-state index contributed by atoms with van der Waals surface area (Å²) in [5.74, 6) is 1.27. The molecule has 0 radical (unpaired) electrons. The van der Waals surface area contributed by atoms with E-state index in [-0.39, 0.29) is 5.91 Å². The van der Waals surface area contributed by atoms with Gasteiger partial charge in [0.2, 0.25) is 0 Å². The standard InChI is InChI=1S/C16H27N3O2/c1-14-6-7-15(21-14)16(20)19-11-5-10-18(12-13-19)9-4-2-3-8-17/h6-7H,2-5,8-13,17H2,1H3. The van der Waals surface area contributed by atoms with Gasteiger partial charge in [-0.3, -0.25) is 4.79 Å². The van der Waals surface area contributed by atoms with Crippen LogP contribution in [-0.4, -0.2) is 55.0 Å². The minimum absolute atomic E-state index is 0.0214. The van der Waals surface area contributed by atoms with Gasteiger partial charge in [-0.25, -0.2) is 0 Å². The first kappa shape index (κ1) is 16.0. The first-order valence-electron chi connectivity index (χ1n) is 7.99. The summed E-state index contributed by atoms with van der Waals surface area (Å²) in [6.45, 7) is 7.39. The fraction of sp³-hybridized carbons (Fsp3) is 0.688. The molecule has 2 N–H and O–H groups in total. The SMILES string of the molecule is Cc1ccc(C(=O)N2CCCN(CCCCCN)CC2)o1. The maximum Gasteiger partial charge on any atom is 0.289 e. The van der Waals surface area contributed by atoms with Gasteiger partial charge in [-0.1, -0.05) is 6.42 Å². The van der Waals surface area contributed by atoms with Crippen molar-refractivity contribution in [2.75, 3.05) is 39.3 Å². The zero-order valence-electron chi connectivity index (χ0n) is 13.0. The Morgan fingerprint density at radius 3 is 2.76 bits per heavy atom. The summed E-state index contributed by atoms with van der Waals surface area (Å²) in [5.41, 5.74) is 5.51. The number of carbonyl (C=O) groups excluding carboxylic acids is 1. The van der Waals surface area contributed by atoms with Crippen LogP contribution in [-0.2, 0) is 0 Å². The largest absolute Gasteiger partial charge is 0.456 e. The summed E-state index contributed by atoms with van der Waals surface area (Å²) >= 11 is 0. The van der Waals surface area contributed by atoms with Crippen LogP contribution in [0.15, 0.2) is 16.5 Å². The predicted octanol–water partition coefficient (Wildman–Crippen LogP) is 1.86. The van der Waals surface area contributed by atoms with Crippen molar-refractivity contribution in [2.45, 2.75) is 32.6 Å². The number of aryl methyl sites for hydroxylation is 1. The van der Waals surface area contributed by atoms with E-state index in [0.717, 1.165) is 57.9 Å². The molecule has 1 amide bonds. The smallest absolute Gasteiger partial charge is 0.289 e. The second-order valence-corrected chi connectivity index (χ2v) is 5.75. The van der Waals surface area contributed by atoms with Gasteiger partial charge in [-0.2, -0.15) is 0 Å². The fourth-order valence-electron chi connectivity index (χ4n) is 2.76. The van der Waals surface area contributed by atoms with Crippen LogP contribution < -0.4 is 5.73 Å². The Hall–Kier alpha value is -1.33. The normalized spacial score (nSPS) is 17.0. The second kappa shape index (κ2) is 8.20. The van der Waals surface area contributed by atoms with Crippen LogP contribution in [0.25, 0.3) is 0 Å². The van der Waals surface area contributed by atoms with Crippen LogP contribution in [0.5, 0.6) is 0 Å². The van der Waals surface area contributed by atoms with Crippen LogP contribution in [0.2, 0.25) is 0 Å². The maximum absolute atomic E-state index is 12.4. The number of furan rings is 1. The molecule has 0 atom stereocenters. The van der Waals surface area contributed by atoms with Crippen molar-refractivity contribution >= 4 is 5.91 Å². The molecule has 1 aromatic heterocycles. The van der Waals surface area contributed by atoms with E-state index < -0.39 is 0 Å². The molecule has 0 saturated carbocycles. The lowest BCUT2D eigenvalue weighted by Crippen LogP contribution is -2.35. The predicted molar refractivity (Wildman–Crippen MR) is 83.3 cm³/mol. The summed E-state index contributed by atoms with van der Waals surface area (Å²) in [5, 5.41) is 0. The minimum atomic E-state index is 0.0214. The van der Waals surface area contributed by atoms with Gasteiger partial charge in [-0.15, -0.1) is 0 Å². The molecule has 0 bridgehead atoms. The van der Waals surface area contributed by atoms with E-state index >= 15 is 0 Å². The Bertz CT molecular complexity index is 444. The lowest BCUT2D eigenvalue weighted by Gasteiger charge is -2.21. The molecule has 5 nitrogen and oxygen atoms in total. The second-order valence-electron chi connectivity index (χ2n) is 5.75. The van der Waals surface area contributed by atoms with Gasteiger partial charge in [0, 0.05) is 19.6 Å². The number of carbonyl (C=O) groups is 1. The van der Waals surface area contributed by atoms with Crippen molar-refractivity contribution in [3.05, 3.63) is 23.7 Å². The summed E-state index contributed by atoms with van der Waals surface area (Å²) in [7, 11) is 0. The van der Waals surface area contributed by atoms with E-state index in [9.17, 15) is 4.79 Å². The molecular weight excluding hydrogens is 266 g/mol. The quantitative estimate of drug-likeness (QED) is 0.813. The molecular formula is C16H27N3O2. The number of rotatable bonds is 6. The Morgan fingerprint density at radius 2 is 2.05 bits per heavy atom. The third-order valence-corrected chi connectivity index (χ3v) is 4.01. The number of nitrogens with zero attached hydrogens (tertiary/aromatic N) is 2. The third kappa shape index (κ3) is 4.86. The van der Waals surface area contributed by atoms with Gasteiger partial charge < -0.3 is 20.0 Å². The average molecular weight is 293 g/mol. The molecule has 5 heteroatoms. The van der Waals surface area contributed by atoms with Crippen molar-refractivity contribution in [1.29, 1.82) is 0 Å². The molecule has 1 aliphatic heterocycles. The van der Waals surface area contributed by atoms with Gasteiger partial charge in [-0.05, 0) is 58.0 Å². The van der Waals surface area contributed by atoms with E-state index in [1.807, 2.05) is 17.9 Å². The molecule has 0 aliphatic carbocycles. The number of amides is 1. The summed E-state index contributed by atoms with van der Waals surface area (Å²) < 4.78 is 5.44. The van der Waals surface area contributed by atoms with E-state index in [0.29, 0.717) is 5.76 Å². The van der Waals surface area contributed by atoms with Crippen LogP contribution in [0.3, 0.4) is 0 Å². The van der Waals surface area contributed by atoms with Gasteiger partial charge in [0.05, 0.1) is 0 Å². The fourth-order valence-corrected chi connectivity index (χ4v) is 2.76. The highest BCUT2D eigenvalue weighted by Crippen LogP contribution is 2.12. The Balaban J connectivity index is 1.79. The number of hydrogen-bond acceptors (Lipinski definition) is 4. The lowest BCUT2D eigenvalue weighted by molar-refractivity contribution is 0.0728. The molecule has 1 aromatic rings. The molecule has 1 aliphatic rings. The van der Waals surface area contributed by atoms with Gasteiger partial charge in [0.15, 0.2) is 5.76 Å². The molecule has 0 unspecified atom stereocenters. The highest BCUT2D eigenvalue weighted by atomic mass is 16.3. The molecule has 1 saturated heterocycles. The molecule has 0 aromatic carbocycles. The van der Waals surface area contributed by atoms with E-state index in [4.69, 9.17) is 10.2 Å². The van der Waals surface area contributed by atoms with Crippen LogP contribution in [0.4, 0.5) is 0 Å². The first-order chi connectivity index (χ1) is 10.2. The van der Waals surface area contributed by atoms with Gasteiger partial charge >= 0.3 is 0 Å². The van der Waals surface area contributed by atoms with Gasteiger partial charge in [0.1, 0.15) is 5.76 Å². The van der Waals surface area contributed by atoms with Crippen molar-refractivity contribution in [1.82, 2.24) is 9.80 Å². The van der Waals surface area contributed by atoms with Crippen LogP contribution >= 0.6 is 0 Å². The first-order valence-corrected chi connectivity index (χ1v) is 7.99. The molecule has 1 fully saturated rings. The van der Waals surface area contributed by atoms with Crippen LogP contribution in [0, 0.1) is 6.92 Å². The van der Waals surface area contributed by atoms with Crippen LogP contribution in [0.1, 0.15) is 42.0 Å². The Kier molecular flexibility index (Phi) is 6.26. The number of nitrogens with two attached hydrogens (primary N) is 1. The molecule has 118 valence electrons. The molecule has 2 heterocycles. The lowest BCUT2D eigenvalue weighted by atomic mass is 10.2. The number of hydrogen-bond donors (Lipinski definition) is 1. The van der Waals surface area contributed by atoms with E-state index in [1.165, 1.54) is 12.8 Å². The third-order valence-electron chi connectivity index (χ3n) is 4.01. The summed E-state index contributed by atoms with van der Waals surface area (Å²) in [4.78, 5) is 16.7. The topological polar surface area (TPSA) is 62.7 Å². The zero-order chi connectivity index (χ0) is 15.1. The van der Waals surface area contributed by atoms with Crippen molar-refractivity contribution < 1.29 is 9.21 Å². The van der Waals surface area contributed by atoms with Crippen molar-refractivity contribution in [3.63, 3.8) is 0 Å². The monoisotopic (exact) mass is 293 g/mol. The summed E-state index contributed by atoms with van der Waals surface area (Å²) in [6.07, 6.45) is 4.53. The zero-order valence-corrected chi connectivity index (χ0v) is 13.0. The highest BCUT2D eigenvalue weighted by molar-refractivity contribution is 5.91. The van der Waals surface area contributed by atoms with Crippen molar-refractivity contribution in [2.24, 2.45) is 5.73 Å². The molecule has 2 rings (SSSR count). The summed E-state index contributed by atoms with van der Waals surface area (Å²) in [6, 6.07) is 3.61. The maximum atomic E-state index is 12.4. The van der Waals surface area contributed by atoms with E-state index in [1.54, 1.807) is 6.07 Å². The molecule has 21 heavy (non-hydrogen) atoms. The Morgan fingerprint density at radius 1 is 1.19 bits per heavy atom. The Labute approximate surface area is 127 Å². The van der Waals surface area contributed by atoms with Crippen molar-refractivity contribution in [3.8, 4) is 0 Å². The van der Waals surface area contributed by atoms with E-state index in [2.05, 4.69) is 4.90 Å². The van der Waals surface area contributed by atoms with Gasteiger partial charge in [0.25, 0.3) is 5.91 Å². The minimum Gasteiger partial charge on any atom is -0.456 e. The molecule has 0 spiro atoms.